The van der Waals surface area contributed by atoms with Crippen LogP contribution in [0.2, 0.25) is 0 Å². The van der Waals surface area contributed by atoms with Crippen LogP contribution in [0.25, 0.3) is 89.8 Å². The van der Waals surface area contributed by atoms with Crippen LogP contribution >= 0.6 is 0 Å². The molecule has 2 aliphatic rings. The van der Waals surface area contributed by atoms with Gasteiger partial charge in [0.25, 0.3) is 0 Å². The van der Waals surface area contributed by atoms with Crippen LogP contribution in [0, 0.1) is 0 Å². The molecule has 0 aliphatic heterocycles. The van der Waals surface area contributed by atoms with Crippen molar-refractivity contribution in [3.05, 3.63) is 157 Å². The van der Waals surface area contributed by atoms with Crippen molar-refractivity contribution in [2.24, 2.45) is 0 Å². The van der Waals surface area contributed by atoms with Crippen molar-refractivity contribution in [1.82, 2.24) is 24.5 Å². The number of hydrogen-bond acceptors (Lipinski definition) is 4. The van der Waals surface area contributed by atoms with Crippen molar-refractivity contribution in [2.45, 2.75) is 25.7 Å². The van der Waals surface area contributed by atoms with E-state index in [-0.39, 0.29) is 0 Å². The Bertz CT molecular complexity index is 2680. The SMILES string of the molecule is C1=CCCC(n2c3c(c4c(-c5ccc6ccccc6c5-c5nc(-c6ccccc6)nc(-c6ccccc6)n5)nc5ccccc5c42)CCC=C3)=C1. The van der Waals surface area contributed by atoms with E-state index in [1.54, 1.807) is 0 Å². The van der Waals surface area contributed by atoms with Crippen LogP contribution in [0.3, 0.4) is 0 Å². The molecule has 0 bridgehead atoms. The highest BCUT2D eigenvalue weighted by molar-refractivity contribution is 6.16. The van der Waals surface area contributed by atoms with Gasteiger partial charge >= 0.3 is 0 Å². The second kappa shape index (κ2) is 12.1. The van der Waals surface area contributed by atoms with E-state index in [0.29, 0.717) is 17.5 Å². The molecule has 8 aromatic rings. The fraction of sp³-hybridized carbons (Fsp3) is 0.0870. The molecule has 3 heterocycles. The van der Waals surface area contributed by atoms with E-state index in [1.165, 1.54) is 27.9 Å². The molecule has 10 rings (SSSR count). The van der Waals surface area contributed by atoms with Crippen molar-refractivity contribution in [1.29, 1.82) is 0 Å². The van der Waals surface area contributed by atoms with Gasteiger partial charge in [0.1, 0.15) is 0 Å². The number of para-hydroxylation sites is 1. The highest BCUT2D eigenvalue weighted by atomic mass is 15.0. The van der Waals surface area contributed by atoms with E-state index in [1.807, 2.05) is 36.4 Å². The molecule has 5 heteroatoms. The van der Waals surface area contributed by atoms with Gasteiger partial charge in [-0.25, -0.2) is 19.9 Å². The number of aryl methyl sites for hydroxylation is 1. The van der Waals surface area contributed by atoms with E-state index in [4.69, 9.17) is 19.9 Å². The van der Waals surface area contributed by atoms with Crippen molar-refractivity contribution < 1.29 is 0 Å². The van der Waals surface area contributed by atoms with Crippen molar-refractivity contribution in [3.8, 4) is 45.4 Å². The summed E-state index contributed by atoms with van der Waals surface area (Å²) in [6, 6.07) is 42.0. The number of pyridine rings is 1. The van der Waals surface area contributed by atoms with Crippen LogP contribution in [-0.2, 0) is 6.42 Å². The fourth-order valence-corrected chi connectivity index (χ4v) is 7.85. The first-order valence-electron chi connectivity index (χ1n) is 17.7. The van der Waals surface area contributed by atoms with E-state index in [0.717, 1.165) is 75.3 Å². The lowest BCUT2D eigenvalue weighted by Gasteiger charge is -2.18. The van der Waals surface area contributed by atoms with E-state index in [9.17, 15) is 0 Å². The molecule has 0 unspecified atom stereocenters. The Kier molecular flexibility index (Phi) is 7.02. The Balaban J connectivity index is 1.34. The average Bonchev–Trinajstić information content (AvgIpc) is 3.57. The number of aromatic nitrogens is 5. The van der Waals surface area contributed by atoms with Crippen LogP contribution in [0.5, 0.6) is 0 Å². The molecular formula is C46H33N5. The maximum atomic E-state index is 5.55. The summed E-state index contributed by atoms with van der Waals surface area (Å²) in [5.74, 6) is 1.91. The molecule has 5 aromatic carbocycles. The second-order valence-electron chi connectivity index (χ2n) is 13.2. The predicted molar refractivity (Wildman–Crippen MR) is 210 cm³/mol. The summed E-state index contributed by atoms with van der Waals surface area (Å²) in [7, 11) is 0. The molecule has 51 heavy (non-hydrogen) atoms. The van der Waals surface area contributed by atoms with Crippen molar-refractivity contribution >= 4 is 44.4 Å². The molecule has 0 amide bonds. The number of benzene rings is 5. The van der Waals surface area contributed by atoms with Gasteiger partial charge in [0, 0.05) is 44.4 Å². The summed E-state index contributed by atoms with van der Waals surface area (Å²) in [5.41, 5.74) is 10.9. The van der Waals surface area contributed by atoms with E-state index >= 15 is 0 Å². The summed E-state index contributed by atoms with van der Waals surface area (Å²) < 4.78 is 2.52. The fourth-order valence-electron chi connectivity index (χ4n) is 7.85. The van der Waals surface area contributed by atoms with Crippen LogP contribution in [0.15, 0.2) is 146 Å². The number of hydrogen-bond donors (Lipinski definition) is 0. The van der Waals surface area contributed by atoms with Gasteiger partial charge < -0.3 is 4.57 Å². The second-order valence-corrected chi connectivity index (χ2v) is 13.2. The first kappa shape index (κ1) is 29.5. The molecule has 0 radical (unpaired) electrons. The minimum Gasteiger partial charge on any atom is -0.313 e. The quantitative estimate of drug-likeness (QED) is 0.185. The molecule has 0 N–H and O–H groups in total. The van der Waals surface area contributed by atoms with Gasteiger partial charge in [-0.1, -0.05) is 133 Å². The molecule has 0 saturated heterocycles. The Morgan fingerprint density at radius 1 is 0.549 bits per heavy atom. The summed E-state index contributed by atoms with van der Waals surface area (Å²) in [6.07, 6.45) is 15.3. The summed E-state index contributed by atoms with van der Waals surface area (Å²) in [4.78, 5) is 21.1. The molecule has 0 saturated carbocycles. The van der Waals surface area contributed by atoms with Crippen LogP contribution < -0.4 is 0 Å². The van der Waals surface area contributed by atoms with E-state index < -0.39 is 0 Å². The van der Waals surface area contributed by atoms with E-state index in [2.05, 4.69) is 120 Å². The number of rotatable bonds is 5. The summed E-state index contributed by atoms with van der Waals surface area (Å²) in [6.45, 7) is 0. The first-order valence-corrected chi connectivity index (χ1v) is 17.7. The number of fused-ring (bicyclic) bond motifs is 6. The Morgan fingerprint density at radius 2 is 1.22 bits per heavy atom. The molecule has 3 aromatic heterocycles. The van der Waals surface area contributed by atoms with Gasteiger partial charge in [0.15, 0.2) is 17.5 Å². The first-order chi connectivity index (χ1) is 25.3. The standard InChI is InChI=1S/C46H33N5/c1-4-17-31(18-5-1)44-48-45(32-19-6-2-7-20-32)50-46(49-44)40-34-23-11-10-16-30(34)28-29-37(40)42-41-36-25-13-15-27-39(36)51(33-21-8-3-9-22-33)43(41)35-24-12-14-26-38(35)47-42/h1-8,10-12,14-21,23-24,26-29H,9,13,22,25H2. The zero-order valence-corrected chi connectivity index (χ0v) is 28.0. The van der Waals surface area contributed by atoms with Gasteiger partial charge in [-0.15, -0.1) is 0 Å². The topological polar surface area (TPSA) is 56.5 Å². The minimum absolute atomic E-state index is 0.630. The summed E-state index contributed by atoms with van der Waals surface area (Å²) >= 11 is 0. The lowest BCUT2D eigenvalue weighted by Crippen LogP contribution is -2.03. The summed E-state index contributed by atoms with van der Waals surface area (Å²) in [5, 5.41) is 4.57. The normalized spacial score (nSPS) is 13.9. The molecule has 2 aliphatic carbocycles. The highest BCUT2D eigenvalue weighted by Gasteiger charge is 2.28. The molecule has 0 fully saturated rings. The lowest BCUT2D eigenvalue weighted by atomic mass is 9.91. The number of nitrogens with zero attached hydrogens (tertiary/aromatic N) is 5. The van der Waals surface area contributed by atoms with Gasteiger partial charge in [-0.05, 0) is 60.2 Å². The largest absolute Gasteiger partial charge is 0.313 e. The Hall–Kier alpha value is -6.46. The molecule has 242 valence electrons. The number of allylic oxidation sites excluding steroid dienone is 5. The highest BCUT2D eigenvalue weighted by Crippen LogP contribution is 2.46. The maximum absolute atomic E-state index is 5.55. The monoisotopic (exact) mass is 655 g/mol. The molecule has 0 atom stereocenters. The van der Waals surface area contributed by atoms with Crippen LogP contribution in [0.4, 0.5) is 0 Å². The van der Waals surface area contributed by atoms with Crippen molar-refractivity contribution in [3.63, 3.8) is 0 Å². The molecular weight excluding hydrogens is 623 g/mol. The smallest absolute Gasteiger partial charge is 0.165 e. The Morgan fingerprint density at radius 3 is 1.96 bits per heavy atom. The zero-order valence-electron chi connectivity index (χ0n) is 28.0. The third-order valence-corrected chi connectivity index (χ3v) is 10.2. The van der Waals surface area contributed by atoms with Crippen LogP contribution in [0.1, 0.15) is 30.5 Å². The predicted octanol–water partition coefficient (Wildman–Crippen LogP) is 11.3. The van der Waals surface area contributed by atoms with Gasteiger partial charge in [0.2, 0.25) is 0 Å². The van der Waals surface area contributed by atoms with Gasteiger partial charge in [-0.3, -0.25) is 0 Å². The van der Waals surface area contributed by atoms with Gasteiger partial charge in [0.05, 0.1) is 16.7 Å². The van der Waals surface area contributed by atoms with Crippen LogP contribution in [-0.4, -0.2) is 24.5 Å². The maximum Gasteiger partial charge on any atom is 0.165 e. The third-order valence-electron chi connectivity index (χ3n) is 10.2. The molecule has 0 spiro atoms. The third kappa shape index (κ3) is 4.92. The Labute approximate surface area is 296 Å². The lowest BCUT2D eigenvalue weighted by molar-refractivity contribution is 0.930. The minimum atomic E-state index is 0.630. The zero-order chi connectivity index (χ0) is 33.7. The molecule has 5 nitrogen and oxygen atoms in total. The van der Waals surface area contributed by atoms with Crippen molar-refractivity contribution in [2.75, 3.05) is 0 Å². The van der Waals surface area contributed by atoms with Gasteiger partial charge in [-0.2, -0.15) is 0 Å². The average molecular weight is 656 g/mol.